The Kier molecular flexibility index (Phi) is 7.07. The summed E-state index contributed by atoms with van der Waals surface area (Å²) in [4.78, 5) is 32.9. The van der Waals surface area contributed by atoms with Gasteiger partial charge in [-0.15, -0.1) is 0 Å². The van der Waals surface area contributed by atoms with Gasteiger partial charge in [-0.1, -0.05) is 6.07 Å². The largest absolute Gasteiger partial charge is 0.444 e. The van der Waals surface area contributed by atoms with Crippen molar-refractivity contribution in [1.82, 2.24) is 14.9 Å². The molecule has 0 aliphatic carbocycles. The van der Waals surface area contributed by atoms with Crippen LogP contribution in [0.25, 0.3) is 0 Å². The van der Waals surface area contributed by atoms with Crippen LogP contribution >= 0.6 is 0 Å². The van der Waals surface area contributed by atoms with Crippen molar-refractivity contribution in [1.29, 1.82) is 5.26 Å². The van der Waals surface area contributed by atoms with Gasteiger partial charge >= 0.3 is 12.3 Å². The van der Waals surface area contributed by atoms with Gasteiger partial charge in [0.1, 0.15) is 17.4 Å². The number of nitrogens with zero attached hydrogens (tertiary/aromatic N) is 4. The fraction of sp³-hybridized carbons (Fsp3) is 0.409. The van der Waals surface area contributed by atoms with Crippen LogP contribution in [0, 0.1) is 11.3 Å². The van der Waals surface area contributed by atoms with Crippen LogP contribution in [-0.2, 0) is 15.7 Å². The van der Waals surface area contributed by atoms with Crippen LogP contribution in [0.1, 0.15) is 54.2 Å². The van der Waals surface area contributed by atoms with Gasteiger partial charge in [-0.25, -0.2) is 14.8 Å². The van der Waals surface area contributed by atoms with Crippen molar-refractivity contribution >= 4 is 17.7 Å². The SMILES string of the molecule is CC(C)(C)OC(=O)N1CCOC(c2ccc(NC(=O)c3cnc(C(F)(F)F)cn3)cc2C#N)C1. The van der Waals surface area contributed by atoms with Crippen molar-refractivity contribution in [2.75, 3.05) is 25.0 Å². The van der Waals surface area contributed by atoms with Crippen LogP contribution in [0.3, 0.4) is 0 Å². The molecule has 180 valence electrons. The quantitative estimate of drug-likeness (QED) is 0.712. The van der Waals surface area contributed by atoms with Crippen molar-refractivity contribution in [2.45, 2.75) is 38.7 Å². The zero-order valence-electron chi connectivity index (χ0n) is 18.6. The number of aromatic nitrogens is 2. The van der Waals surface area contributed by atoms with Crippen LogP contribution in [0.2, 0.25) is 0 Å². The molecule has 2 aromatic rings. The van der Waals surface area contributed by atoms with Gasteiger partial charge in [0.15, 0.2) is 5.69 Å². The number of anilines is 1. The lowest BCUT2D eigenvalue weighted by Crippen LogP contribution is -2.44. The van der Waals surface area contributed by atoms with Gasteiger partial charge in [0.25, 0.3) is 5.91 Å². The summed E-state index contributed by atoms with van der Waals surface area (Å²) in [7, 11) is 0. The third-order valence-corrected chi connectivity index (χ3v) is 4.67. The van der Waals surface area contributed by atoms with Gasteiger partial charge in [-0.05, 0) is 32.9 Å². The Bertz CT molecular complexity index is 1110. The lowest BCUT2D eigenvalue weighted by Gasteiger charge is -2.34. The monoisotopic (exact) mass is 477 g/mol. The third kappa shape index (κ3) is 6.20. The maximum absolute atomic E-state index is 12.6. The molecule has 3 rings (SSSR count). The van der Waals surface area contributed by atoms with Crippen molar-refractivity contribution in [2.24, 2.45) is 0 Å². The Morgan fingerprint density at radius 1 is 1.24 bits per heavy atom. The minimum Gasteiger partial charge on any atom is -0.444 e. The van der Waals surface area contributed by atoms with Gasteiger partial charge in [-0.2, -0.15) is 18.4 Å². The number of halogens is 3. The number of benzene rings is 1. The molecule has 1 atom stereocenters. The van der Waals surface area contributed by atoms with Crippen LogP contribution in [0.15, 0.2) is 30.6 Å². The zero-order valence-corrected chi connectivity index (χ0v) is 18.6. The number of morpholine rings is 1. The molecule has 34 heavy (non-hydrogen) atoms. The van der Waals surface area contributed by atoms with Gasteiger partial charge in [0, 0.05) is 17.8 Å². The number of rotatable bonds is 3. The molecule has 2 heterocycles. The summed E-state index contributed by atoms with van der Waals surface area (Å²) in [6.45, 7) is 6.06. The van der Waals surface area contributed by atoms with Crippen molar-refractivity contribution in [3.8, 4) is 6.07 Å². The lowest BCUT2D eigenvalue weighted by molar-refractivity contribution is -0.141. The molecule has 1 aliphatic rings. The van der Waals surface area contributed by atoms with E-state index in [2.05, 4.69) is 15.3 Å². The zero-order chi connectivity index (χ0) is 25.1. The van der Waals surface area contributed by atoms with E-state index in [0.717, 1.165) is 6.20 Å². The number of nitriles is 1. The Morgan fingerprint density at radius 3 is 2.56 bits per heavy atom. The molecule has 1 fully saturated rings. The molecule has 12 heteroatoms. The minimum atomic E-state index is -4.67. The van der Waals surface area contributed by atoms with Crippen molar-refractivity contribution in [3.05, 3.63) is 53.1 Å². The standard InChI is InChI=1S/C22H22F3N5O4/c1-21(2,3)34-20(32)30-6-7-33-17(12-30)15-5-4-14(8-13(15)9-26)29-19(31)16-10-28-18(11-27-16)22(23,24)25/h4-5,8,10-11,17H,6-7,12H2,1-3H3,(H,29,31). The second-order valence-electron chi connectivity index (χ2n) is 8.44. The van der Waals surface area contributed by atoms with E-state index in [-0.39, 0.29) is 30.1 Å². The van der Waals surface area contributed by atoms with Gasteiger partial charge in [0.2, 0.25) is 0 Å². The molecule has 1 saturated heterocycles. The Balaban J connectivity index is 1.72. The number of nitrogens with one attached hydrogen (secondary N) is 1. The smallest absolute Gasteiger partial charge is 0.434 e. The van der Waals surface area contributed by atoms with E-state index in [0.29, 0.717) is 18.3 Å². The molecule has 1 unspecified atom stereocenters. The molecule has 1 aliphatic heterocycles. The molecule has 9 nitrogen and oxygen atoms in total. The fourth-order valence-electron chi connectivity index (χ4n) is 3.13. The Morgan fingerprint density at radius 2 is 1.97 bits per heavy atom. The molecule has 1 N–H and O–H groups in total. The van der Waals surface area contributed by atoms with Crippen molar-refractivity contribution in [3.63, 3.8) is 0 Å². The molecular formula is C22H22F3N5O4. The van der Waals surface area contributed by atoms with E-state index in [1.807, 2.05) is 6.07 Å². The summed E-state index contributed by atoms with van der Waals surface area (Å²) < 4.78 is 49.0. The first-order valence-electron chi connectivity index (χ1n) is 10.2. The van der Waals surface area contributed by atoms with Gasteiger partial charge < -0.3 is 19.7 Å². The number of amides is 2. The van der Waals surface area contributed by atoms with E-state index < -0.39 is 35.6 Å². The summed E-state index contributed by atoms with van der Waals surface area (Å²) in [6.07, 6.45) is -4.55. The Hall–Kier alpha value is -3.72. The number of alkyl halides is 3. The number of carbonyl (C=O) groups is 2. The highest BCUT2D eigenvalue weighted by atomic mass is 19.4. The summed E-state index contributed by atoms with van der Waals surface area (Å²) >= 11 is 0. The summed E-state index contributed by atoms with van der Waals surface area (Å²) in [6, 6.07) is 6.53. The molecule has 0 radical (unpaired) electrons. The van der Waals surface area contributed by atoms with E-state index in [9.17, 15) is 28.0 Å². The van der Waals surface area contributed by atoms with Crippen molar-refractivity contribution < 1.29 is 32.2 Å². The number of hydrogen-bond donors (Lipinski definition) is 1. The molecular weight excluding hydrogens is 455 g/mol. The number of carbonyl (C=O) groups excluding carboxylic acids is 2. The molecule has 0 bridgehead atoms. The van der Waals surface area contributed by atoms with E-state index >= 15 is 0 Å². The summed E-state index contributed by atoms with van der Waals surface area (Å²) in [5.74, 6) is -0.789. The van der Waals surface area contributed by atoms with E-state index in [4.69, 9.17) is 9.47 Å². The molecule has 1 aromatic carbocycles. The highest BCUT2D eigenvalue weighted by molar-refractivity contribution is 6.02. The van der Waals surface area contributed by atoms with Crippen LogP contribution < -0.4 is 5.32 Å². The normalized spacial score (nSPS) is 16.5. The molecule has 2 amide bonds. The highest BCUT2D eigenvalue weighted by Gasteiger charge is 2.33. The highest BCUT2D eigenvalue weighted by Crippen LogP contribution is 2.29. The van der Waals surface area contributed by atoms with Crippen LogP contribution in [-0.4, -0.2) is 52.2 Å². The van der Waals surface area contributed by atoms with E-state index in [1.54, 1.807) is 26.8 Å². The Labute approximate surface area is 193 Å². The maximum Gasteiger partial charge on any atom is 0.434 e. The van der Waals surface area contributed by atoms with E-state index in [1.165, 1.54) is 17.0 Å². The molecule has 0 saturated carbocycles. The van der Waals surface area contributed by atoms with Crippen LogP contribution in [0.5, 0.6) is 0 Å². The average Bonchev–Trinajstić information content (AvgIpc) is 2.77. The second kappa shape index (κ2) is 9.64. The first-order chi connectivity index (χ1) is 15.9. The third-order valence-electron chi connectivity index (χ3n) is 4.67. The van der Waals surface area contributed by atoms with Crippen LogP contribution in [0.4, 0.5) is 23.7 Å². The summed E-state index contributed by atoms with van der Waals surface area (Å²) in [5, 5.41) is 12.1. The number of hydrogen-bond acceptors (Lipinski definition) is 7. The predicted molar refractivity (Wildman–Crippen MR) is 113 cm³/mol. The fourth-order valence-corrected chi connectivity index (χ4v) is 3.13. The molecule has 1 aromatic heterocycles. The average molecular weight is 477 g/mol. The first-order valence-corrected chi connectivity index (χ1v) is 10.2. The van der Waals surface area contributed by atoms with Gasteiger partial charge in [-0.3, -0.25) is 4.79 Å². The number of ether oxygens (including phenoxy) is 2. The lowest BCUT2D eigenvalue weighted by atomic mass is 10.0. The first kappa shape index (κ1) is 24.9. The minimum absolute atomic E-state index is 0.177. The van der Waals surface area contributed by atoms with Gasteiger partial charge in [0.05, 0.1) is 37.2 Å². The predicted octanol–water partition coefficient (Wildman–Crippen LogP) is 3.93. The maximum atomic E-state index is 12.6. The summed E-state index contributed by atoms with van der Waals surface area (Å²) in [5.41, 5.74) is -1.24. The second-order valence-corrected chi connectivity index (χ2v) is 8.44. The topological polar surface area (TPSA) is 117 Å². The molecule has 0 spiro atoms.